The Balaban J connectivity index is 2.36. The second-order valence-electron chi connectivity index (χ2n) is 6.01. The Hall–Kier alpha value is -1.53. The Labute approximate surface area is 135 Å². The van der Waals surface area contributed by atoms with E-state index in [-0.39, 0.29) is 30.2 Å². The zero-order valence-corrected chi connectivity index (χ0v) is 14.1. The van der Waals surface area contributed by atoms with Crippen molar-refractivity contribution in [3.05, 3.63) is 29.6 Å². The maximum atomic E-state index is 13.4. The molecule has 1 fully saturated rings. The molecule has 0 unspecified atom stereocenters. The van der Waals surface area contributed by atoms with Crippen LogP contribution < -0.4 is 0 Å². The lowest BCUT2D eigenvalue weighted by molar-refractivity contribution is -0.135. The van der Waals surface area contributed by atoms with Crippen LogP contribution in [0.1, 0.15) is 19.4 Å². The van der Waals surface area contributed by atoms with Gasteiger partial charge in [0.1, 0.15) is 11.9 Å². The zero-order chi connectivity index (χ0) is 17.3. The van der Waals surface area contributed by atoms with Gasteiger partial charge in [-0.1, -0.05) is 0 Å². The van der Waals surface area contributed by atoms with Crippen LogP contribution in [0, 0.1) is 17.1 Å². The monoisotopic (exact) mass is 342 g/mol. The molecule has 1 atom stereocenters. The first-order valence-electron chi connectivity index (χ1n) is 7.06. The number of morpholine rings is 1. The Bertz CT molecular complexity index is 727. The van der Waals surface area contributed by atoms with E-state index in [1.807, 2.05) is 0 Å². The quantitative estimate of drug-likeness (QED) is 0.829. The molecule has 1 aromatic carbocycles. The highest BCUT2D eigenvalue weighted by atomic mass is 32.2. The highest BCUT2D eigenvalue weighted by Gasteiger charge is 2.39. The highest BCUT2D eigenvalue weighted by Crippen LogP contribution is 2.27. The number of halogens is 1. The minimum absolute atomic E-state index is 0.107. The molecule has 1 aliphatic heterocycles. The Kier molecular flexibility index (Phi) is 5.06. The number of hydrogen-bond acceptors (Lipinski definition) is 5. The largest absolute Gasteiger partial charge is 0.382 e. The van der Waals surface area contributed by atoms with Crippen LogP contribution >= 0.6 is 0 Å². The molecule has 0 aliphatic carbocycles. The predicted molar refractivity (Wildman–Crippen MR) is 80.7 cm³/mol. The van der Waals surface area contributed by atoms with Gasteiger partial charge in [0.05, 0.1) is 28.8 Å². The van der Waals surface area contributed by atoms with E-state index in [1.165, 1.54) is 17.5 Å². The minimum atomic E-state index is -3.85. The summed E-state index contributed by atoms with van der Waals surface area (Å²) in [6.07, 6.45) is -0.394. The molecule has 0 saturated carbocycles. The zero-order valence-electron chi connectivity index (χ0n) is 13.2. The highest BCUT2D eigenvalue weighted by molar-refractivity contribution is 7.89. The maximum absolute atomic E-state index is 13.4. The van der Waals surface area contributed by atoms with E-state index in [1.54, 1.807) is 19.9 Å². The van der Waals surface area contributed by atoms with Gasteiger partial charge in [-0.2, -0.15) is 9.57 Å². The van der Waals surface area contributed by atoms with Crippen LogP contribution in [0.4, 0.5) is 4.39 Å². The Morgan fingerprint density at radius 1 is 1.52 bits per heavy atom. The van der Waals surface area contributed by atoms with E-state index in [0.717, 1.165) is 12.1 Å². The molecular weight excluding hydrogens is 323 g/mol. The number of ether oxygens (including phenoxy) is 2. The second kappa shape index (κ2) is 6.53. The van der Waals surface area contributed by atoms with Gasteiger partial charge in [0.2, 0.25) is 10.0 Å². The van der Waals surface area contributed by atoms with E-state index in [9.17, 15) is 12.8 Å². The molecule has 0 spiro atoms. The van der Waals surface area contributed by atoms with Crippen molar-refractivity contribution in [2.75, 3.05) is 26.8 Å². The molecule has 2 rings (SSSR count). The molecule has 6 nitrogen and oxygen atoms in total. The smallest absolute Gasteiger partial charge is 0.243 e. The first-order chi connectivity index (χ1) is 10.7. The lowest BCUT2D eigenvalue weighted by Crippen LogP contribution is -2.55. The van der Waals surface area contributed by atoms with Crippen LogP contribution in [-0.2, 0) is 19.5 Å². The third-order valence-electron chi connectivity index (χ3n) is 3.50. The summed E-state index contributed by atoms with van der Waals surface area (Å²) in [6.45, 7) is 4.15. The summed E-state index contributed by atoms with van der Waals surface area (Å²) in [5.41, 5.74) is -0.973. The van der Waals surface area contributed by atoms with Crippen molar-refractivity contribution >= 4 is 10.0 Å². The second-order valence-corrected chi connectivity index (χ2v) is 7.94. The summed E-state index contributed by atoms with van der Waals surface area (Å²) < 4.78 is 51.2. The van der Waals surface area contributed by atoms with Gasteiger partial charge in [-0.15, -0.1) is 0 Å². The fourth-order valence-corrected chi connectivity index (χ4v) is 4.25. The van der Waals surface area contributed by atoms with Crippen LogP contribution in [0.2, 0.25) is 0 Å². The third-order valence-corrected chi connectivity index (χ3v) is 5.31. The van der Waals surface area contributed by atoms with Gasteiger partial charge in [0.15, 0.2) is 0 Å². The number of sulfonamides is 1. The average molecular weight is 342 g/mol. The van der Waals surface area contributed by atoms with Gasteiger partial charge < -0.3 is 9.47 Å². The van der Waals surface area contributed by atoms with Crippen LogP contribution in [0.15, 0.2) is 23.1 Å². The number of benzene rings is 1. The maximum Gasteiger partial charge on any atom is 0.243 e. The molecule has 0 aromatic heterocycles. The normalized spacial score (nSPS) is 21.8. The van der Waals surface area contributed by atoms with Crippen LogP contribution in [-0.4, -0.2) is 51.2 Å². The average Bonchev–Trinajstić information content (AvgIpc) is 2.46. The fraction of sp³-hybridized carbons (Fsp3) is 0.533. The number of methoxy groups -OCH3 is 1. The molecule has 1 aromatic rings. The summed E-state index contributed by atoms with van der Waals surface area (Å²) in [5.74, 6) is -0.744. The first-order valence-corrected chi connectivity index (χ1v) is 8.50. The number of nitriles is 1. The molecule has 1 saturated heterocycles. The van der Waals surface area contributed by atoms with Crippen molar-refractivity contribution in [1.29, 1.82) is 5.26 Å². The summed E-state index contributed by atoms with van der Waals surface area (Å²) in [4.78, 5) is -0.107. The summed E-state index contributed by atoms with van der Waals surface area (Å²) in [5, 5.41) is 8.88. The minimum Gasteiger partial charge on any atom is -0.382 e. The fourth-order valence-electron chi connectivity index (χ4n) is 2.60. The SMILES string of the molecule is COC[C@H]1CN(S(=O)(=O)c2ccc(F)c(C#N)c2)CC(C)(C)O1. The van der Waals surface area contributed by atoms with E-state index < -0.39 is 27.5 Å². The molecule has 8 heteroatoms. The summed E-state index contributed by atoms with van der Waals surface area (Å²) in [6, 6.07) is 4.86. The van der Waals surface area contributed by atoms with E-state index in [4.69, 9.17) is 14.7 Å². The van der Waals surface area contributed by atoms with Crippen LogP contribution in [0.3, 0.4) is 0 Å². The Morgan fingerprint density at radius 3 is 2.83 bits per heavy atom. The first kappa shape index (κ1) is 17.8. The summed E-state index contributed by atoms with van der Waals surface area (Å²) >= 11 is 0. The molecule has 0 N–H and O–H groups in total. The van der Waals surface area contributed by atoms with Crippen molar-refractivity contribution in [2.45, 2.75) is 30.4 Å². The Morgan fingerprint density at radius 2 is 2.22 bits per heavy atom. The number of hydrogen-bond donors (Lipinski definition) is 0. The molecular formula is C15H19FN2O4S. The molecule has 126 valence electrons. The molecule has 1 aliphatic rings. The van der Waals surface area contributed by atoms with E-state index in [2.05, 4.69) is 0 Å². The van der Waals surface area contributed by atoms with Crippen molar-refractivity contribution in [3.8, 4) is 6.07 Å². The standard InChI is InChI=1S/C15H19FN2O4S/c1-15(2)10-18(8-12(22-15)9-21-3)23(19,20)13-4-5-14(16)11(6-13)7-17/h4-6,12H,8-10H2,1-3H3/t12-/m1/s1. The van der Waals surface area contributed by atoms with Gasteiger partial charge in [-0.3, -0.25) is 0 Å². The van der Waals surface area contributed by atoms with Gasteiger partial charge in [0.25, 0.3) is 0 Å². The molecule has 1 heterocycles. The molecule has 0 radical (unpaired) electrons. The van der Waals surface area contributed by atoms with Gasteiger partial charge in [-0.05, 0) is 32.0 Å². The van der Waals surface area contributed by atoms with Crippen LogP contribution in [0.5, 0.6) is 0 Å². The van der Waals surface area contributed by atoms with E-state index >= 15 is 0 Å². The van der Waals surface area contributed by atoms with Crippen molar-refractivity contribution < 1.29 is 22.3 Å². The van der Waals surface area contributed by atoms with Gasteiger partial charge >= 0.3 is 0 Å². The lowest BCUT2D eigenvalue weighted by atomic mass is 10.1. The van der Waals surface area contributed by atoms with Crippen molar-refractivity contribution in [3.63, 3.8) is 0 Å². The van der Waals surface area contributed by atoms with E-state index in [0.29, 0.717) is 0 Å². The number of nitrogens with zero attached hydrogens (tertiary/aromatic N) is 2. The van der Waals surface area contributed by atoms with Gasteiger partial charge in [-0.25, -0.2) is 12.8 Å². The summed E-state index contributed by atoms with van der Waals surface area (Å²) in [7, 11) is -2.34. The molecule has 0 bridgehead atoms. The van der Waals surface area contributed by atoms with Crippen molar-refractivity contribution in [2.24, 2.45) is 0 Å². The topological polar surface area (TPSA) is 79.6 Å². The van der Waals surface area contributed by atoms with Crippen molar-refractivity contribution in [1.82, 2.24) is 4.31 Å². The van der Waals surface area contributed by atoms with Crippen LogP contribution in [0.25, 0.3) is 0 Å². The molecule has 0 amide bonds. The predicted octanol–water partition coefficient (Wildman–Crippen LogP) is 1.51. The lowest BCUT2D eigenvalue weighted by Gasteiger charge is -2.41. The molecule has 23 heavy (non-hydrogen) atoms. The van der Waals surface area contributed by atoms with Gasteiger partial charge in [0, 0.05) is 20.2 Å². The third kappa shape index (κ3) is 3.87. The number of rotatable bonds is 4.